The van der Waals surface area contributed by atoms with E-state index in [1.807, 2.05) is 6.07 Å². The van der Waals surface area contributed by atoms with Crippen LogP contribution in [-0.4, -0.2) is 26.7 Å². The van der Waals surface area contributed by atoms with Crippen LogP contribution >= 0.6 is 0 Å². The summed E-state index contributed by atoms with van der Waals surface area (Å²) in [5.74, 6) is 1.47. The molecule has 0 bridgehead atoms. The molecule has 6 nitrogen and oxygen atoms in total. The lowest BCUT2D eigenvalue weighted by Gasteiger charge is -2.05. The maximum atomic E-state index is 5.34. The van der Waals surface area contributed by atoms with Crippen molar-refractivity contribution in [1.29, 1.82) is 0 Å². The van der Waals surface area contributed by atoms with E-state index in [0.717, 1.165) is 13.0 Å². The molecule has 3 aromatic rings. The normalized spacial score (nSPS) is 16.5. The quantitative estimate of drug-likeness (QED) is 0.792. The number of aromatic nitrogens is 4. The van der Waals surface area contributed by atoms with Crippen LogP contribution in [0.1, 0.15) is 17.4 Å². The molecule has 3 heterocycles. The Morgan fingerprint density at radius 2 is 2.19 bits per heavy atom. The molecule has 0 saturated heterocycles. The molecule has 1 unspecified atom stereocenters. The molecule has 0 fully saturated rings. The summed E-state index contributed by atoms with van der Waals surface area (Å²) in [5, 5.41) is 7.37. The second-order valence-corrected chi connectivity index (χ2v) is 4.97. The van der Waals surface area contributed by atoms with E-state index in [9.17, 15) is 0 Å². The van der Waals surface area contributed by atoms with Gasteiger partial charge in [-0.25, -0.2) is 4.98 Å². The Bertz CT molecular complexity index is 756. The van der Waals surface area contributed by atoms with Crippen LogP contribution in [0.15, 0.2) is 47.4 Å². The van der Waals surface area contributed by atoms with Gasteiger partial charge in [-0.2, -0.15) is 4.98 Å². The van der Waals surface area contributed by atoms with E-state index in [4.69, 9.17) is 4.52 Å². The number of hydrogen-bond acceptors (Lipinski definition) is 6. The van der Waals surface area contributed by atoms with Crippen molar-refractivity contribution in [3.05, 3.63) is 54.3 Å². The molecule has 2 aromatic heterocycles. The predicted octanol–water partition coefficient (Wildman–Crippen LogP) is 2.28. The average Bonchev–Trinajstić information content (AvgIpc) is 3.17. The molecule has 21 heavy (non-hydrogen) atoms. The van der Waals surface area contributed by atoms with Gasteiger partial charge in [0.2, 0.25) is 11.7 Å². The lowest BCUT2D eigenvalue weighted by molar-refractivity contribution is 0.372. The Kier molecular flexibility index (Phi) is 2.85. The number of anilines is 1. The molecule has 0 amide bonds. The van der Waals surface area contributed by atoms with Gasteiger partial charge >= 0.3 is 0 Å². The van der Waals surface area contributed by atoms with Crippen molar-refractivity contribution >= 4 is 5.69 Å². The van der Waals surface area contributed by atoms with Crippen LogP contribution in [0.3, 0.4) is 0 Å². The van der Waals surface area contributed by atoms with Gasteiger partial charge in [-0.3, -0.25) is 4.98 Å². The van der Waals surface area contributed by atoms with Crippen LogP contribution < -0.4 is 5.32 Å². The van der Waals surface area contributed by atoms with Gasteiger partial charge in [-0.15, -0.1) is 0 Å². The van der Waals surface area contributed by atoms with Gasteiger partial charge in [0.15, 0.2) is 0 Å². The molecule has 0 aliphatic carbocycles. The predicted molar refractivity (Wildman–Crippen MR) is 76.7 cm³/mol. The van der Waals surface area contributed by atoms with E-state index in [2.05, 4.69) is 43.6 Å². The van der Waals surface area contributed by atoms with Gasteiger partial charge < -0.3 is 9.84 Å². The molecular weight excluding hydrogens is 266 g/mol. The maximum Gasteiger partial charge on any atom is 0.227 e. The summed E-state index contributed by atoms with van der Waals surface area (Å²) in [6, 6.07) is 8.32. The van der Waals surface area contributed by atoms with Gasteiger partial charge in [-0.05, 0) is 11.6 Å². The third kappa shape index (κ3) is 2.24. The Labute approximate surface area is 121 Å². The van der Waals surface area contributed by atoms with Crippen molar-refractivity contribution in [2.45, 2.75) is 12.3 Å². The van der Waals surface area contributed by atoms with Crippen LogP contribution in [-0.2, 0) is 6.42 Å². The van der Waals surface area contributed by atoms with Crippen LogP contribution in [0.2, 0.25) is 0 Å². The van der Waals surface area contributed by atoms with Crippen molar-refractivity contribution in [3.8, 4) is 11.5 Å². The molecule has 1 aromatic carbocycles. The minimum atomic E-state index is 0.358. The highest BCUT2D eigenvalue weighted by molar-refractivity contribution is 5.57. The van der Waals surface area contributed by atoms with E-state index in [1.165, 1.54) is 11.3 Å². The number of nitrogens with one attached hydrogen (secondary N) is 1. The lowest BCUT2D eigenvalue weighted by Crippen LogP contribution is -2.05. The first-order chi connectivity index (χ1) is 10.4. The molecule has 6 heteroatoms. The SMILES string of the molecule is c1ccc2c(c1)NCC2Cc1nc(-c2cnccn2)no1. The molecular formula is C15H13N5O. The van der Waals surface area contributed by atoms with Crippen LogP contribution in [0.5, 0.6) is 0 Å². The zero-order valence-electron chi connectivity index (χ0n) is 11.2. The maximum absolute atomic E-state index is 5.34. The van der Waals surface area contributed by atoms with Crippen molar-refractivity contribution in [2.75, 3.05) is 11.9 Å². The Morgan fingerprint density at radius 3 is 3.10 bits per heavy atom. The minimum absolute atomic E-state index is 0.358. The van der Waals surface area contributed by atoms with Gasteiger partial charge in [0.25, 0.3) is 0 Å². The number of hydrogen-bond donors (Lipinski definition) is 1. The first-order valence-corrected chi connectivity index (χ1v) is 6.82. The van der Waals surface area contributed by atoms with Gasteiger partial charge in [0, 0.05) is 37.0 Å². The fourth-order valence-electron chi connectivity index (χ4n) is 2.61. The number of nitrogens with zero attached hydrogens (tertiary/aromatic N) is 4. The zero-order valence-corrected chi connectivity index (χ0v) is 11.2. The van der Waals surface area contributed by atoms with Crippen LogP contribution in [0.25, 0.3) is 11.5 Å². The molecule has 1 aliphatic rings. The standard InChI is InChI=1S/C15H13N5O/c1-2-4-12-11(3-1)10(8-18-12)7-14-19-15(20-21-14)13-9-16-5-6-17-13/h1-6,9-10,18H,7-8H2. The fourth-order valence-corrected chi connectivity index (χ4v) is 2.61. The first-order valence-electron chi connectivity index (χ1n) is 6.82. The number of rotatable bonds is 3. The van der Waals surface area contributed by atoms with E-state index in [0.29, 0.717) is 23.3 Å². The van der Waals surface area contributed by atoms with Gasteiger partial charge in [-0.1, -0.05) is 23.4 Å². The molecule has 0 saturated carbocycles. The van der Waals surface area contributed by atoms with Crippen LogP contribution in [0.4, 0.5) is 5.69 Å². The molecule has 104 valence electrons. The monoisotopic (exact) mass is 279 g/mol. The third-order valence-electron chi connectivity index (χ3n) is 3.62. The first kappa shape index (κ1) is 12.0. The lowest BCUT2D eigenvalue weighted by atomic mass is 9.98. The number of benzene rings is 1. The minimum Gasteiger partial charge on any atom is -0.384 e. The molecule has 1 aliphatic heterocycles. The Hall–Kier alpha value is -2.76. The van der Waals surface area contributed by atoms with Crippen molar-refractivity contribution < 1.29 is 4.52 Å². The zero-order chi connectivity index (χ0) is 14.1. The second-order valence-electron chi connectivity index (χ2n) is 4.97. The second kappa shape index (κ2) is 4.97. The summed E-state index contributed by atoms with van der Waals surface area (Å²) in [5.41, 5.74) is 3.12. The highest BCUT2D eigenvalue weighted by atomic mass is 16.5. The topological polar surface area (TPSA) is 76.7 Å². The summed E-state index contributed by atoms with van der Waals surface area (Å²) < 4.78 is 5.34. The summed E-state index contributed by atoms with van der Waals surface area (Å²) in [6.07, 6.45) is 5.58. The third-order valence-corrected chi connectivity index (χ3v) is 3.62. The van der Waals surface area contributed by atoms with Gasteiger partial charge in [0.1, 0.15) is 5.69 Å². The van der Waals surface area contributed by atoms with E-state index in [-0.39, 0.29) is 0 Å². The van der Waals surface area contributed by atoms with E-state index in [1.54, 1.807) is 18.6 Å². The van der Waals surface area contributed by atoms with Crippen LogP contribution in [0, 0.1) is 0 Å². The highest BCUT2D eigenvalue weighted by Gasteiger charge is 2.24. The van der Waals surface area contributed by atoms with Gasteiger partial charge in [0.05, 0.1) is 6.20 Å². The van der Waals surface area contributed by atoms with Crippen molar-refractivity contribution in [1.82, 2.24) is 20.1 Å². The van der Waals surface area contributed by atoms with E-state index < -0.39 is 0 Å². The summed E-state index contributed by atoms with van der Waals surface area (Å²) >= 11 is 0. The molecule has 0 spiro atoms. The van der Waals surface area contributed by atoms with E-state index >= 15 is 0 Å². The molecule has 0 radical (unpaired) electrons. The number of fused-ring (bicyclic) bond motifs is 1. The highest BCUT2D eigenvalue weighted by Crippen LogP contribution is 2.33. The molecule has 4 rings (SSSR count). The number of para-hydroxylation sites is 1. The molecule has 1 atom stereocenters. The average molecular weight is 279 g/mol. The van der Waals surface area contributed by atoms with Crippen molar-refractivity contribution in [2.24, 2.45) is 0 Å². The summed E-state index contributed by atoms with van der Waals surface area (Å²) in [6.45, 7) is 0.891. The largest absolute Gasteiger partial charge is 0.384 e. The molecule has 1 N–H and O–H groups in total. The summed E-state index contributed by atoms with van der Waals surface area (Å²) in [4.78, 5) is 12.6. The Morgan fingerprint density at radius 1 is 1.24 bits per heavy atom. The fraction of sp³-hybridized carbons (Fsp3) is 0.200. The smallest absolute Gasteiger partial charge is 0.227 e. The summed E-state index contributed by atoms with van der Waals surface area (Å²) in [7, 11) is 0. The Balaban J connectivity index is 1.56. The van der Waals surface area contributed by atoms with Crippen molar-refractivity contribution in [3.63, 3.8) is 0 Å².